The zero-order chi connectivity index (χ0) is 13.7. The number of amides is 1. The maximum absolute atomic E-state index is 11.9. The molecule has 2 rings (SSSR count). The van der Waals surface area contributed by atoms with E-state index in [0.717, 1.165) is 12.0 Å². The fraction of sp³-hybridized carbons (Fsp3) is 0.462. The number of carbonyl (C=O) groups is 1. The molecule has 1 aromatic rings. The van der Waals surface area contributed by atoms with Crippen molar-refractivity contribution >= 4 is 17.2 Å². The summed E-state index contributed by atoms with van der Waals surface area (Å²) in [6.07, 6.45) is 1.10. The molecule has 20 heavy (non-hydrogen) atoms. The molecular formula is C13H16NNaO4S. The Hall–Kier alpha value is -0.400. The Balaban J connectivity index is 0.00000200. The Morgan fingerprint density at radius 3 is 2.75 bits per heavy atom. The number of hydrogen-bond donors (Lipinski definition) is 0. The van der Waals surface area contributed by atoms with Crippen molar-refractivity contribution in [3.05, 3.63) is 35.9 Å². The van der Waals surface area contributed by atoms with Gasteiger partial charge in [0.05, 0.1) is 0 Å². The van der Waals surface area contributed by atoms with Crippen LogP contribution in [0.2, 0.25) is 0 Å². The first-order valence-corrected chi connectivity index (χ1v) is 7.44. The minimum atomic E-state index is -2.13. The van der Waals surface area contributed by atoms with E-state index in [-0.39, 0.29) is 48.0 Å². The summed E-state index contributed by atoms with van der Waals surface area (Å²) in [5, 5.41) is 0. The van der Waals surface area contributed by atoms with Crippen molar-refractivity contribution in [2.75, 3.05) is 12.3 Å². The summed E-state index contributed by atoms with van der Waals surface area (Å²) in [5.41, 5.74) is 0.916. The SMILES string of the molecule is O=C(OCc1ccccc1)N1CCCC1CS(=O)[O-].[Na+]. The number of carbonyl (C=O) groups excluding carboxylic acids is 1. The molecule has 0 aromatic heterocycles. The minimum Gasteiger partial charge on any atom is -0.772 e. The first-order chi connectivity index (χ1) is 9.16. The molecule has 0 saturated carbocycles. The van der Waals surface area contributed by atoms with Gasteiger partial charge in [-0.3, -0.25) is 4.21 Å². The molecule has 7 heteroatoms. The van der Waals surface area contributed by atoms with E-state index in [4.69, 9.17) is 4.74 Å². The average molecular weight is 305 g/mol. The number of nitrogens with zero attached hydrogens (tertiary/aromatic N) is 1. The zero-order valence-corrected chi connectivity index (χ0v) is 14.3. The molecule has 1 aliphatic heterocycles. The molecule has 1 fully saturated rings. The summed E-state index contributed by atoms with van der Waals surface area (Å²) in [6.45, 7) is 0.777. The second-order valence-electron chi connectivity index (χ2n) is 4.50. The normalized spacial score (nSPS) is 19.2. The van der Waals surface area contributed by atoms with Gasteiger partial charge in [0.25, 0.3) is 0 Å². The third-order valence-electron chi connectivity index (χ3n) is 3.15. The minimum absolute atomic E-state index is 0. The molecule has 5 nitrogen and oxygen atoms in total. The van der Waals surface area contributed by atoms with Gasteiger partial charge in [-0.1, -0.05) is 41.4 Å². The molecule has 1 heterocycles. The molecule has 1 aromatic carbocycles. The number of hydrogen-bond acceptors (Lipinski definition) is 4. The van der Waals surface area contributed by atoms with Gasteiger partial charge in [0.1, 0.15) is 6.61 Å². The van der Waals surface area contributed by atoms with Crippen LogP contribution in [0, 0.1) is 0 Å². The largest absolute Gasteiger partial charge is 1.00 e. The standard InChI is InChI=1S/C13H17NO4S.Na/c15-13(18-9-11-5-2-1-3-6-11)14-8-4-7-12(14)10-19(16)17;/h1-3,5-6,12H,4,7-10H2,(H,16,17);/q;+1/p-1. The van der Waals surface area contributed by atoms with Gasteiger partial charge in [0.15, 0.2) is 0 Å². The zero-order valence-electron chi connectivity index (χ0n) is 11.5. The van der Waals surface area contributed by atoms with Crippen molar-refractivity contribution in [1.82, 2.24) is 4.90 Å². The van der Waals surface area contributed by atoms with Crippen LogP contribution in [0.1, 0.15) is 18.4 Å². The summed E-state index contributed by atoms with van der Waals surface area (Å²) < 4.78 is 26.7. The Labute approximate surface area is 143 Å². The van der Waals surface area contributed by atoms with Crippen LogP contribution in [0.3, 0.4) is 0 Å². The van der Waals surface area contributed by atoms with E-state index >= 15 is 0 Å². The third kappa shape index (κ3) is 5.18. The Bertz CT molecular complexity index is 457. The predicted molar refractivity (Wildman–Crippen MR) is 70.1 cm³/mol. The summed E-state index contributed by atoms with van der Waals surface area (Å²) in [7, 11) is 0. The first kappa shape index (κ1) is 17.7. The molecule has 1 saturated heterocycles. The number of benzene rings is 1. The number of ether oxygens (including phenoxy) is 1. The predicted octanol–water partition coefficient (Wildman–Crippen LogP) is -1.33. The van der Waals surface area contributed by atoms with Crippen LogP contribution in [-0.2, 0) is 22.4 Å². The number of likely N-dealkylation sites (tertiary alicyclic amines) is 1. The van der Waals surface area contributed by atoms with E-state index in [1.807, 2.05) is 30.3 Å². The second kappa shape index (κ2) is 8.79. The maximum atomic E-state index is 11.9. The van der Waals surface area contributed by atoms with E-state index < -0.39 is 17.2 Å². The summed E-state index contributed by atoms with van der Waals surface area (Å²) in [4.78, 5) is 13.4. The van der Waals surface area contributed by atoms with E-state index in [9.17, 15) is 13.6 Å². The summed E-state index contributed by atoms with van der Waals surface area (Å²) in [5.74, 6) is -0.0135. The fourth-order valence-electron chi connectivity index (χ4n) is 2.21. The van der Waals surface area contributed by atoms with Gasteiger partial charge in [-0.2, -0.15) is 0 Å². The van der Waals surface area contributed by atoms with E-state index in [0.29, 0.717) is 13.0 Å². The van der Waals surface area contributed by atoms with Gasteiger partial charge in [0.2, 0.25) is 0 Å². The molecule has 0 aliphatic carbocycles. The molecule has 0 bridgehead atoms. The van der Waals surface area contributed by atoms with Gasteiger partial charge >= 0.3 is 35.7 Å². The van der Waals surface area contributed by atoms with Gasteiger partial charge in [-0.05, 0) is 18.4 Å². The molecule has 0 radical (unpaired) electrons. The first-order valence-electron chi connectivity index (χ1n) is 6.20. The van der Waals surface area contributed by atoms with E-state index in [1.165, 1.54) is 4.90 Å². The molecule has 1 amide bonds. The topological polar surface area (TPSA) is 69.7 Å². The Kier molecular flexibility index (Phi) is 7.76. The molecule has 0 N–H and O–H groups in total. The van der Waals surface area contributed by atoms with Crippen LogP contribution in [0.15, 0.2) is 30.3 Å². The monoisotopic (exact) mass is 305 g/mol. The van der Waals surface area contributed by atoms with Gasteiger partial charge < -0.3 is 14.2 Å². The molecular weight excluding hydrogens is 289 g/mol. The van der Waals surface area contributed by atoms with Crippen LogP contribution in [-0.4, -0.2) is 38.1 Å². The van der Waals surface area contributed by atoms with Crippen LogP contribution in [0.4, 0.5) is 4.79 Å². The van der Waals surface area contributed by atoms with Gasteiger partial charge in [-0.25, -0.2) is 4.79 Å². The van der Waals surface area contributed by atoms with Crippen LogP contribution in [0.5, 0.6) is 0 Å². The summed E-state index contributed by atoms with van der Waals surface area (Å²) >= 11 is -2.13. The van der Waals surface area contributed by atoms with Crippen LogP contribution >= 0.6 is 0 Å². The Morgan fingerprint density at radius 2 is 2.10 bits per heavy atom. The van der Waals surface area contributed by atoms with Gasteiger partial charge in [0, 0.05) is 18.3 Å². The van der Waals surface area contributed by atoms with Crippen molar-refractivity contribution in [2.24, 2.45) is 0 Å². The third-order valence-corrected chi connectivity index (χ3v) is 3.80. The molecule has 1 aliphatic rings. The van der Waals surface area contributed by atoms with E-state index in [2.05, 4.69) is 0 Å². The molecule has 2 atom stereocenters. The van der Waals surface area contributed by atoms with E-state index in [1.54, 1.807) is 0 Å². The summed E-state index contributed by atoms with van der Waals surface area (Å²) in [6, 6.07) is 9.15. The van der Waals surface area contributed by atoms with Gasteiger partial charge in [-0.15, -0.1) is 0 Å². The average Bonchev–Trinajstić information content (AvgIpc) is 2.84. The fourth-order valence-corrected chi connectivity index (χ4v) is 2.87. The quantitative estimate of drug-likeness (QED) is 0.510. The van der Waals surface area contributed by atoms with Crippen molar-refractivity contribution in [3.8, 4) is 0 Å². The smallest absolute Gasteiger partial charge is 0.772 e. The molecule has 2 unspecified atom stereocenters. The Morgan fingerprint density at radius 1 is 1.40 bits per heavy atom. The molecule has 104 valence electrons. The van der Waals surface area contributed by atoms with Crippen molar-refractivity contribution in [1.29, 1.82) is 0 Å². The second-order valence-corrected chi connectivity index (χ2v) is 5.44. The molecule has 0 spiro atoms. The van der Waals surface area contributed by atoms with Crippen molar-refractivity contribution in [3.63, 3.8) is 0 Å². The van der Waals surface area contributed by atoms with Crippen LogP contribution in [0.25, 0.3) is 0 Å². The number of rotatable bonds is 4. The van der Waals surface area contributed by atoms with Crippen molar-refractivity contribution < 1.29 is 47.9 Å². The van der Waals surface area contributed by atoms with Crippen molar-refractivity contribution in [2.45, 2.75) is 25.5 Å². The maximum Gasteiger partial charge on any atom is 1.00 e. The van der Waals surface area contributed by atoms with Crippen LogP contribution < -0.4 is 29.6 Å².